The number of hydrogen-bond donors (Lipinski definition) is 0. The Bertz CT molecular complexity index is 246. The van der Waals surface area contributed by atoms with Crippen LogP contribution in [0.5, 0.6) is 0 Å². The molecule has 0 amide bonds. The second-order valence-electron chi connectivity index (χ2n) is 2.68. The molecule has 0 saturated carbocycles. The van der Waals surface area contributed by atoms with Crippen molar-refractivity contribution in [2.45, 2.75) is 13.8 Å². The minimum absolute atomic E-state index is 0.119. The summed E-state index contributed by atoms with van der Waals surface area (Å²) in [6, 6.07) is 0. The molecule has 0 N–H and O–H groups in total. The Morgan fingerprint density at radius 2 is 1.77 bits per heavy atom. The zero-order chi connectivity index (χ0) is 10.4. The van der Waals surface area contributed by atoms with Crippen LogP contribution in [0.25, 0.3) is 0 Å². The molecule has 0 aliphatic heterocycles. The third kappa shape index (κ3) is 3.67. The largest absolute Gasteiger partial charge is 0.465 e. The second-order valence-corrected chi connectivity index (χ2v) is 2.68. The van der Waals surface area contributed by atoms with Crippen molar-refractivity contribution in [3.8, 4) is 0 Å². The van der Waals surface area contributed by atoms with E-state index in [0.29, 0.717) is 0 Å². The lowest BCUT2D eigenvalue weighted by molar-refractivity contribution is -0.136. The maximum atomic E-state index is 11.1. The van der Waals surface area contributed by atoms with Crippen molar-refractivity contribution < 1.29 is 19.4 Å². The van der Waals surface area contributed by atoms with E-state index < -0.39 is 11.9 Å². The molecule has 0 rings (SSSR count). The Kier molecular flexibility index (Phi) is 4.70. The third-order valence-electron chi connectivity index (χ3n) is 1.40. The molecule has 1 radical (unpaired) electrons. The highest BCUT2D eigenvalue weighted by Crippen LogP contribution is 2.10. The molecule has 0 aromatic carbocycles. The van der Waals surface area contributed by atoms with Gasteiger partial charge in [0.1, 0.15) is 0 Å². The van der Waals surface area contributed by atoms with Crippen molar-refractivity contribution in [3.05, 3.63) is 17.2 Å². The van der Waals surface area contributed by atoms with Crippen molar-refractivity contribution in [2.24, 2.45) is 5.92 Å². The van der Waals surface area contributed by atoms with E-state index in [1.54, 1.807) is 13.8 Å². The van der Waals surface area contributed by atoms with Gasteiger partial charge in [0.05, 0.1) is 19.8 Å². The lowest BCUT2D eigenvalue weighted by atomic mass is 10.1. The molecule has 0 aliphatic carbocycles. The first-order valence-electron chi connectivity index (χ1n) is 3.83. The molecular weight excluding hydrogens is 172 g/mol. The van der Waals surface area contributed by atoms with Gasteiger partial charge in [-0.25, -0.2) is 9.90 Å². The Morgan fingerprint density at radius 3 is 2.08 bits per heavy atom. The van der Waals surface area contributed by atoms with Crippen LogP contribution >= 0.6 is 0 Å². The van der Waals surface area contributed by atoms with E-state index in [1.165, 1.54) is 14.2 Å². The summed E-state index contributed by atoms with van der Waals surface area (Å²) in [6.45, 7) is 3.53. The highest BCUT2D eigenvalue weighted by atomic mass is 16.6. The van der Waals surface area contributed by atoms with Crippen molar-refractivity contribution in [1.82, 2.24) is 0 Å². The average molecular weight is 185 g/mol. The van der Waals surface area contributed by atoms with Crippen molar-refractivity contribution in [1.29, 1.82) is 0 Å². The van der Waals surface area contributed by atoms with Gasteiger partial charge in [-0.05, 0) is 11.6 Å². The summed E-state index contributed by atoms with van der Waals surface area (Å²) in [5, 5.41) is 10.8. The molecule has 0 atom stereocenters. The molecule has 13 heavy (non-hydrogen) atoms. The van der Waals surface area contributed by atoms with Crippen LogP contribution in [0.3, 0.4) is 0 Å². The molecule has 0 aromatic rings. The van der Waals surface area contributed by atoms with Crippen molar-refractivity contribution in [2.75, 3.05) is 14.2 Å². The molecule has 4 nitrogen and oxygen atoms in total. The minimum Gasteiger partial charge on any atom is -0.465 e. The van der Waals surface area contributed by atoms with Crippen LogP contribution in [-0.2, 0) is 19.4 Å². The standard InChI is InChI=1S/C9H13O4/c1-6(2)7(9(11)13-4)5-8(10)12-3/h6H,1-4H3. The molecule has 0 heterocycles. The predicted octanol–water partition coefficient (Wildman–Crippen LogP) is 1.26. The Balaban J connectivity index is 5.03. The monoisotopic (exact) mass is 185 g/mol. The Labute approximate surface area is 77.5 Å². The first kappa shape index (κ1) is 11.6. The molecule has 0 spiro atoms. The third-order valence-corrected chi connectivity index (χ3v) is 1.40. The van der Waals surface area contributed by atoms with Gasteiger partial charge in [-0.15, -0.1) is 0 Å². The van der Waals surface area contributed by atoms with Crippen LogP contribution in [0, 0.1) is 5.92 Å². The number of hydrogen-bond acceptors (Lipinski definition) is 3. The van der Waals surface area contributed by atoms with Crippen molar-refractivity contribution in [3.63, 3.8) is 0 Å². The fourth-order valence-electron chi connectivity index (χ4n) is 0.702. The fourth-order valence-corrected chi connectivity index (χ4v) is 0.702. The second kappa shape index (κ2) is 5.27. The van der Waals surface area contributed by atoms with Crippen LogP contribution in [0.4, 0.5) is 0 Å². The summed E-state index contributed by atoms with van der Waals surface area (Å²) < 4.78 is 8.82. The summed E-state index contributed by atoms with van der Waals surface area (Å²) in [4.78, 5) is 11.1. The van der Waals surface area contributed by atoms with E-state index in [2.05, 4.69) is 15.2 Å². The van der Waals surface area contributed by atoms with Gasteiger partial charge >= 0.3 is 11.9 Å². The molecular formula is C9H13O4. The first-order chi connectivity index (χ1) is 6.02. The number of methoxy groups -OCH3 is 2. The van der Waals surface area contributed by atoms with Crippen LogP contribution in [0.2, 0.25) is 0 Å². The van der Waals surface area contributed by atoms with E-state index in [0.717, 1.165) is 0 Å². The highest BCUT2D eigenvalue weighted by Gasteiger charge is 2.14. The highest BCUT2D eigenvalue weighted by molar-refractivity contribution is 5.88. The smallest absolute Gasteiger partial charge is 0.376 e. The summed E-state index contributed by atoms with van der Waals surface area (Å²) >= 11 is 0. The van der Waals surface area contributed by atoms with Gasteiger partial charge in [0.15, 0.2) is 0 Å². The maximum absolute atomic E-state index is 11.1. The summed E-state index contributed by atoms with van der Waals surface area (Å²) in [7, 11) is 2.48. The van der Waals surface area contributed by atoms with Crippen LogP contribution in [0.1, 0.15) is 13.8 Å². The van der Waals surface area contributed by atoms with Crippen LogP contribution < -0.4 is 0 Å². The van der Waals surface area contributed by atoms with E-state index >= 15 is 0 Å². The SMILES string of the molecule is COC(=O)C(=C=C([O])OC)C(C)C. The Morgan fingerprint density at radius 1 is 1.23 bits per heavy atom. The molecule has 0 aliphatic rings. The molecule has 0 unspecified atom stereocenters. The summed E-state index contributed by atoms with van der Waals surface area (Å²) in [5.41, 5.74) is 2.49. The Hall–Kier alpha value is -1.41. The zero-order valence-electron chi connectivity index (χ0n) is 8.21. The number of esters is 1. The normalized spacial score (nSPS) is 9.00. The van der Waals surface area contributed by atoms with Crippen LogP contribution in [-0.4, -0.2) is 20.2 Å². The summed E-state index contributed by atoms with van der Waals surface area (Å²) in [6.07, 6.45) is 0. The minimum atomic E-state index is -0.672. The lowest BCUT2D eigenvalue weighted by Crippen LogP contribution is -2.09. The molecule has 0 bridgehead atoms. The average Bonchev–Trinajstić information content (AvgIpc) is 2.11. The molecule has 73 valence electrons. The molecule has 0 aromatic heterocycles. The zero-order valence-corrected chi connectivity index (χ0v) is 8.21. The number of rotatable bonds is 3. The number of carbonyl (C=O) groups excluding carboxylic acids is 1. The molecule has 0 saturated heterocycles. The quantitative estimate of drug-likeness (QED) is 0.288. The lowest BCUT2D eigenvalue weighted by Gasteiger charge is -2.04. The topological polar surface area (TPSA) is 55.4 Å². The van der Waals surface area contributed by atoms with E-state index in [1.807, 2.05) is 0 Å². The van der Waals surface area contributed by atoms with Gasteiger partial charge in [0.2, 0.25) is 0 Å². The first-order valence-corrected chi connectivity index (χ1v) is 3.83. The van der Waals surface area contributed by atoms with Gasteiger partial charge in [-0.1, -0.05) is 13.8 Å². The van der Waals surface area contributed by atoms with Gasteiger partial charge in [-0.2, -0.15) is 0 Å². The maximum Gasteiger partial charge on any atom is 0.376 e. The van der Waals surface area contributed by atoms with Gasteiger partial charge in [-0.3, -0.25) is 0 Å². The predicted molar refractivity (Wildman–Crippen MR) is 45.1 cm³/mol. The number of carbonyl (C=O) groups is 1. The van der Waals surface area contributed by atoms with Gasteiger partial charge < -0.3 is 9.47 Å². The summed E-state index contributed by atoms with van der Waals surface area (Å²) in [5.74, 6) is -1.35. The number of ether oxygens (including phenoxy) is 2. The van der Waals surface area contributed by atoms with E-state index in [-0.39, 0.29) is 11.5 Å². The van der Waals surface area contributed by atoms with Gasteiger partial charge in [0.25, 0.3) is 0 Å². The van der Waals surface area contributed by atoms with Gasteiger partial charge in [0, 0.05) is 0 Å². The van der Waals surface area contributed by atoms with Crippen LogP contribution in [0.15, 0.2) is 17.2 Å². The van der Waals surface area contributed by atoms with E-state index in [9.17, 15) is 9.90 Å². The molecule has 0 fully saturated rings. The fraction of sp³-hybridized carbons (Fsp3) is 0.556. The van der Waals surface area contributed by atoms with E-state index in [4.69, 9.17) is 0 Å². The molecule has 4 heteroatoms. The van der Waals surface area contributed by atoms with Crippen molar-refractivity contribution >= 4 is 5.97 Å².